The number of carbonyl (C=O) groups excluding carboxylic acids is 1. The first-order valence-corrected chi connectivity index (χ1v) is 11.5. The molecule has 4 aliphatic heterocycles. The minimum Gasteiger partial charge on any atom is -0.454 e. The number of amides is 1. The number of carbonyl (C=O) groups is 1. The summed E-state index contributed by atoms with van der Waals surface area (Å²) in [6, 6.07) is 15.7. The molecule has 2 saturated heterocycles. The van der Waals surface area contributed by atoms with Crippen molar-refractivity contribution in [2.75, 3.05) is 39.6 Å². The van der Waals surface area contributed by atoms with E-state index >= 15 is 0 Å². The van der Waals surface area contributed by atoms with Crippen LogP contribution >= 0.6 is 0 Å². The second kappa shape index (κ2) is 8.44. The molecule has 0 unspecified atom stereocenters. The van der Waals surface area contributed by atoms with Crippen molar-refractivity contribution in [3.63, 3.8) is 0 Å². The van der Waals surface area contributed by atoms with Crippen LogP contribution in [-0.2, 0) is 14.3 Å². The largest absolute Gasteiger partial charge is 0.454 e. The zero-order chi connectivity index (χ0) is 22.3. The molecule has 2 aromatic rings. The van der Waals surface area contributed by atoms with Crippen LogP contribution in [0, 0.1) is 0 Å². The van der Waals surface area contributed by atoms with Crippen molar-refractivity contribution in [3.8, 4) is 11.5 Å². The number of fused-ring (bicyclic) bond motifs is 1. The van der Waals surface area contributed by atoms with Crippen LogP contribution in [0.5, 0.6) is 11.5 Å². The molecule has 2 aromatic carbocycles. The predicted octanol–water partition coefficient (Wildman–Crippen LogP) is 2.93. The van der Waals surface area contributed by atoms with E-state index in [1.54, 1.807) is 5.01 Å². The highest BCUT2D eigenvalue weighted by atomic mass is 16.7. The smallest absolute Gasteiger partial charge is 0.257 e. The highest BCUT2D eigenvalue weighted by molar-refractivity contribution is 6.03. The van der Waals surface area contributed by atoms with Gasteiger partial charge in [0, 0.05) is 32.4 Å². The van der Waals surface area contributed by atoms with Crippen LogP contribution in [0.4, 0.5) is 0 Å². The first-order chi connectivity index (χ1) is 16.2. The lowest BCUT2D eigenvalue weighted by atomic mass is 9.98. The van der Waals surface area contributed by atoms with Crippen LogP contribution in [0.25, 0.3) is 0 Å². The normalized spacial score (nSPS) is 23.8. The summed E-state index contributed by atoms with van der Waals surface area (Å²) in [5, 5.41) is 6.46. The van der Waals surface area contributed by atoms with E-state index in [0.29, 0.717) is 31.9 Å². The Hall–Kier alpha value is -2.94. The Morgan fingerprint density at radius 3 is 2.55 bits per heavy atom. The molecular weight excluding hydrogens is 422 g/mol. The van der Waals surface area contributed by atoms with Crippen molar-refractivity contribution >= 4 is 11.6 Å². The number of ether oxygens (including phenoxy) is 4. The van der Waals surface area contributed by atoms with Gasteiger partial charge in [-0.3, -0.25) is 9.69 Å². The third-order valence-electron chi connectivity index (χ3n) is 6.84. The number of hydrazone groups is 1. The zero-order valence-corrected chi connectivity index (χ0v) is 18.4. The minimum absolute atomic E-state index is 0.00666. The summed E-state index contributed by atoms with van der Waals surface area (Å²) in [5.74, 6) is 0.997. The molecule has 0 N–H and O–H groups in total. The maximum Gasteiger partial charge on any atom is 0.257 e. The Morgan fingerprint density at radius 2 is 1.76 bits per heavy atom. The van der Waals surface area contributed by atoms with E-state index in [-0.39, 0.29) is 18.7 Å². The highest BCUT2D eigenvalue weighted by Crippen LogP contribution is 2.39. The van der Waals surface area contributed by atoms with Gasteiger partial charge in [-0.2, -0.15) is 5.10 Å². The predicted molar refractivity (Wildman–Crippen MR) is 120 cm³/mol. The number of hydrogen-bond acceptors (Lipinski definition) is 7. The van der Waals surface area contributed by atoms with Gasteiger partial charge in [0.25, 0.3) is 5.91 Å². The van der Waals surface area contributed by atoms with E-state index in [9.17, 15) is 4.79 Å². The fourth-order valence-corrected chi connectivity index (χ4v) is 5.03. The summed E-state index contributed by atoms with van der Waals surface area (Å²) in [5.41, 5.74) is 2.94. The molecular formula is C25H27N3O5. The third-order valence-corrected chi connectivity index (χ3v) is 6.84. The summed E-state index contributed by atoms with van der Waals surface area (Å²) in [6.45, 7) is 3.39. The van der Waals surface area contributed by atoms with Crippen molar-refractivity contribution in [1.82, 2.24) is 9.91 Å². The zero-order valence-electron chi connectivity index (χ0n) is 18.4. The summed E-state index contributed by atoms with van der Waals surface area (Å²) < 4.78 is 22.7. The first kappa shape index (κ1) is 20.7. The molecule has 172 valence electrons. The van der Waals surface area contributed by atoms with E-state index in [0.717, 1.165) is 48.5 Å². The number of nitrogens with zero attached hydrogens (tertiary/aromatic N) is 3. The van der Waals surface area contributed by atoms with Crippen LogP contribution in [0.1, 0.15) is 36.4 Å². The Kier molecular flexibility index (Phi) is 5.28. The summed E-state index contributed by atoms with van der Waals surface area (Å²) >= 11 is 0. The van der Waals surface area contributed by atoms with Gasteiger partial charge in [0.2, 0.25) is 6.79 Å². The van der Waals surface area contributed by atoms with Gasteiger partial charge >= 0.3 is 0 Å². The number of rotatable bonds is 4. The Morgan fingerprint density at radius 1 is 1.00 bits per heavy atom. The first-order valence-electron chi connectivity index (χ1n) is 11.5. The van der Waals surface area contributed by atoms with Crippen molar-refractivity contribution in [1.29, 1.82) is 0 Å². The monoisotopic (exact) mass is 449 g/mol. The highest BCUT2D eigenvalue weighted by Gasteiger charge is 2.41. The molecule has 1 amide bonds. The van der Waals surface area contributed by atoms with Crippen molar-refractivity contribution < 1.29 is 23.7 Å². The molecule has 33 heavy (non-hydrogen) atoms. The molecule has 6 rings (SSSR count). The molecule has 0 saturated carbocycles. The van der Waals surface area contributed by atoms with Crippen LogP contribution in [0.2, 0.25) is 0 Å². The Balaban J connectivity index is 1.22. The molecule has 4 heterocycles. The van der Waals surface area contributed by atoms with Crippen molar-refractivity contribution in [2.24, 2.45) is 5.10 Å². The second-order valence-electron chi connectivity index (χ2n) is 8.87. The molecule has 0 aliphatic carbocycles. The maximum absolute atomic E-state index is 13.5. The molecule has 0 aromatic heterocycles. The van der Waals surface area contributed by atoms with E-state index in [2.05, 4.69) is 4.90 Å². The molecule has 0 radical (unpaired) electrons. The van der Waals surface area contributed by atoms with Gasteiger partial charge in [0.1, 0.15) is 0 Å². The van der Waals surface area contributed by atoms with Gasteiger partial charge in [-0.15, -0.1) is 0 Å². The van der Waals surface area contributed by atoms with E-state index in [1.165, 1.54) is 0 Å². The second-order valence-corrected chi connectivity index (χ2v) is 8.87. The van der Waals surface area contributed by atoms with Gasteiger partial charge < -0.3 is 18.9 Å². The van der Waals surface area contributed by atoms with Crippen LogP contribution in [0.15, 0.2) is 53.6 Å². The molecule has 2 fully saturated rings. The molecule has 1 atom stereocenters. The van der Waals surface area contributed by atoms with E-state index < -0.39 is 5.79 Å². The number of benzene rings is 2. The molecule has 1 spiro atoms. The topological polar surface area (TPSA) is 72.8 Å². The summed E-state index contributed by atoms with van der Waals surface area (Å²) in [4.78, 5) is 15.7. The fraction of sp³-hybridized carbons (Fsp3) is 0.440. The lowest BCUT2D eigenvalue weighted by Gasteiger charge is -2.37. The van der Waals surface area contributed by atoms with Crippen LogP contribution in [-0.4, -0.2) is 67.0 Å². The van der Waals surface area contributed by atoms with Crippen LogP contribution in [0.3, 0.4) is 0 Å². The summed E-state index contributed by atoms with van der Waals surface area (Å²) in [7, 11) is 0. The quantitative estimate of drug-likeness (QED) is 0.715. The standard InChI is InChI=1S/C25H27N3O5/c29-24(16-27-10-8-25(9-11-27)32-12-13-33-25)28-21(15-20(26-28)18-4-2-1-3-5-18)19-6-7-22-23(14-19)31-17-30-22/h1-7,14,21H,8-13,15-17H2/t21-/m1/s1. The van der Waals surface area contributed by atoms with E-state index in [1.807, 2.05) is 48.5 Å². The molecule has 0 bridgehead atoms. The Bertz CT molecular complexity index is 1060. The van der Waals surface area contributed by atoms with Gasteiger partial charge in [0.15, 0.2) is 17.3 Å². The van der Waals surface area contributed by atoms with Gasteiger partial charge in [-0.05, 0) is 23.3 Å². The number of piperidine rings is 1. The lowest BCUT2D eigenvalue weighted by molar-refractivity contribution is -0.186. The average molecular weight is 450 g/mol. The average Bonchev–Trinajstić information content (AvgIpc) is 3.61. The van der Waals surface area contributed by atoms with Crippen molar-refractivity contribution in [3.05, 3.63) is 59.7 Å². The Labute approximate surface area is 192 Å². The maximum atomic E-state index is 13.5. The van der Waals surface area contributed by atoms with Crippen LogP contribution < -0.4 is 9.47 Å². The van der Waals surface area contributed by atoms with Crippen molar-refractivity contribution in [2.45, 2.75) is 31.1 Å². The fourth-order valence-electron chi connectivity index (χ4n) is 5.03. The molecule has 8 heteroatoms. The molecule has 8 nitrogen and oxygen atoms in total. The number of likely N-dealkylation sites (tertiary alicyclic amines) is 1. The van der Waals surface area contributed by atoms with Gasteiger partial charge in [-0.1, -0.05) is 36.4 Å². The van der Waals surface area contributed by atoms with Gasteiger partial charge in [0.05, 0.1) is 31.5 Å². The van der Waals surface area contributed by atoms with Gasteiger partial charge in [-0.25, -0.2) is 5.01 Å². The minimum atomic E-state index is -0.444. The number of hydrogen-bond donors (Lipinski definition) is 0. The SMILES string of the molecule is O=C(CN1CCC2(CC1)OCCO2)N1N=C(c2ccccc2)C[C@@H]1c1ccc2c(c1)OCO2. The van der Waals surface area contributed by atoms with E-state index in [4.69, 9.17) is 24.0 Å². The summed E-state index contributed by atoms with van der Waals surface area (Å²) in [6.07, 6.45) is 2.22. The third kappa shape index (κ3) is 3.99. The molecule has 4 aliphatic rings. The lowest BCUT2D eigenvalue weighted by Crippen LogP contribution is -2.48.